The lowest BCUT2D eigenvalue weighted by Crippen LogP contribution is -1.98. The van der Waals surface area contributed by atoms with E-state index in [0.717, 1.165) is 60.8 Å². The molecular weight excluding hydrogens is 518 g/mol. The van der Waals surface area contributed by atoms with Gasteiger partial charge in [-0.25, -0.2) is 9.97 Å². The van der Waals surface area contributed by atoms with Crippen molar-refractivity contribution in [2.75, 3.05) is 0 Å². The predicted octanol–water partition coefficient (Wildman–Crippen LogP) is 8.64. The molecule has 0 unspecified atom stereocenters. The van der Waals surface area contributed by atoms with Crippen LogP contribution >= 0.6 is 0 Å². The summed E-state index contributed by atoms with van der Waals surface area (Å²) in [7, 11) is 0. The SMILES string of the molecule is Cc1ccc(-n2c3ccccc3c3cc(C#N)c(Oc4ccc5c6ccccc6n(-c6ccccn6)c5c4)cc32)nc1. The van der Waals surface area contributed by atoms with Crippen molar-refractivity contribution >= 4 is 43.6 Å². The molecule has 4 aromatic carbocycles. The number of para-hydroxylation sites is 2. The number of aromatic nitrogens is 4. The Morgan fingerprint density at radius 2 is 1.29 bits per heavy atom. The first kappa shape index (κ1) is 23.9. The van der Waals surface area contributed by atoms with Gasteiger partial charge in [-0.2, -0.15) is 5.26 Å². The molecule has 8 rings (SSSR count). The Morgan fingerprint density at radius 1 is 0.619 bits per heavy atom. The van der Waals surface area contributed by atoms with Gasteiger partial charge in [0.05, 0.1) is 27.6 Å². The number of fused-ring (bicyclic) bond motifs is 6. The Kier molecular flexibility index (Phi) is 5.31. The maximum absolute atomic E-state index is 10.2. The number of hydrogen-bond acceptors (Lipinski definition) is 4. The molecule has 0 saturated carbocycles. The van der Waals surface area contributed by atoms with Crippen molar-refractivity contribution in [2.45, 2.75) is 6.92 Å². The summed E-state index contributed by atoms with van der Waals surface area (Å²) < 4.78 is 10.8. The topological polar surface area (TPSA) is 68.7 Å². The van der Waals surface area contributed by atoms with Crippen LogP contribution in [-0.4, -0.2) is 19.1 Å². The Bertz CT molecular complexity index is 2340. The third-order valence-electron chi connectivity index (χ3n) is 7.77. The molecule has 0 saturated heterocycles. The molecule has 6 nitrogen and oxygen atoms in total. The van der Waals surface area contributed by atoms with Gasteiger partial charge in [0, 0.05) is 46.1 Å². The van der Waals surface area contributed by atoms with Crippen molar-refractivity contribution < 1.29 is 4.74 Å². The molecule has 8 aromatic rings. The monoisotopic (exact) mass is 541 g/mol. The van der Waals surface area contributed by atoms with Gasteiger partial charge in [0.15, 0.2) is 0 Å². The summed E-state index contributed by atoms with van der Waals surface area (Å²) >= 11 is 0. The van der Waals surface area contributed by atoms with E-state index in [1.807, 2.05) is 85.9 Å². The first-order chi connectivity index (χ1) is 20.7. The standard InChI is InChI=1S/C36H23N5O/c1-23-13-16-36(39-22-23)41-31-11-5-3-9-27(31)29-18-24(21-37)34(20-33(29)41)42-25-14-15-28-26-8-2-4-10-30(26)40(32(28)19-25)35-12-6-7-17-38-35/h2-20,22H,1H3. The highest BCUT2D eigenvalue weighted by atomic mass is 16.5. The lowest BCUT2D eigenvalue weighted by Gasteiger charge is -2.11. The minimum absolute atomic E-state index is 0.465. The Balaban J connectivity index is 1.33. The van der Waals surface area contributed by atoms with Crippen LogP contribution in [0.2, 0.25) is 0 Å². The third-order valence-corrected chi connectivity index (χ3v) is 7.77. The van der Waals surface area contributed by atoms with Crippen molar-refractivity contribution in [2.24, 2.45) is 0 Å². The number of nitrogens with zero attached hydrogens (tertiary/aromatic N) is 5. The van der Waals surface area contributed by atoms with Crippen molar-refractivity contribution in [1.82, 2.24) is 19.1 Å². The number of hydrogen-bond donors (Lipinski definition) is 0. The molecular formula is C36H23N5O. The normalized spacial score (nSPS) is 11.4. The van der Waals surface area contributed by atoms with E-state index in [1.165, 1.54) is 0 Å². The molecule has 0 aliphatic carbocycles. The minimum Gasteiger partial charge on any atom is -0.456 e. The van der Waals surface area contributed by atoms with Crippen LogP contribution in [0.4, 0.5) is 0 Å². The first-order valence-electron chi connectivity index (χ1n) is 13.7. The average Bonchev–Trinajstić information content (AvgIpc) is 3.53. The molecule has 0 N–H and O–H groups in total. The fraction of sp³-hybridized carbons (Fsp3) is 0.0278. The summed E-state index contributed by atoms with van der Waals surface area (Å²) in [5.41, 5.74) is 5.54. The second kappa shape index (κ2) is 9.33. The molecule has 0 atom stereocenters. The van der Waals surface area contributed by atoms with Crippen molar-refractivity contribution in [3.8, 4) is 29.2 Å². The van der Waals surface area contributed by atoms with E-state index in [9.17, 15) is 5.26 Å². The predicted molar refractivity (Wildman–Crippen MR) is 167 cm³/mol. The molecule has 198 valence electrons. The quantitative estimate of drug-likeness (QED) is 0.224. The van der Waals surface area contributed by atoms with E-state index >= 15 is 0 Å². The molecule has 0 bridgehead atoms. The molecule has 4 aromatic heterocycles. The number of aryl methyl sites for hydroxylation is 1. The van der Waals surface area contributed by atoms with Gasteiger partial charge >= 0.3 is 0 Å². The zero-order chi connectivity index (χ0) is 28.2. The molecule has 0 amide bonds. The van der Waals surface area contributed by atoms with Crippen molar-refractivity contribution in [1.29, 1.82) is 5.26 Å². The summed E-state index contributed by atoms with van der Waals surface area (Å²) in [6.07, 6.45) is 3.67. The highest BCUT2D eigenvalue weighted by molar-refractivity contribution is 6.11. The second-order valence-electron chi connectivity index (χ2n) is 10.3. The van der Waals surface area contributed by atoms with Crippen LogP contribution < -0.4 is 4.74 Å². The summed E-state index contributed by atoms with van der Waals surface area (Å²) in [6, 6.07) is 38.7. The maximum Gasteiger partial charge on any atom is 0.147 e. The van der Waals surface area contributed by atoms with Crippen LogP contribution in [-0.2, 0) is 0 Å². The number of benzene rings is 4. The number of nitriles is 1. The Hall–Kier alpha value is -5.93. The molecule has 6 heteroatoms. The van der Waals surface area contributed by atoms with Crippen LogP contribution in [0.3, 0.4) is 0 Å². The molecule has 0 radical (unpaired) electrons. The number of ether oxygens (including phenoxy) is 1. The zero-order valence-electron chi connectivity index (χ0n) is 22.7. The van der Waals surface area contributed by atoms with Gasteiger partial charge in [0.25, 0.3) is 0 Å². The fourth-order valence-corrected chi connectivity index (χ4v) is 5.88. The van der Waals surface area contributed by atoms with Crippen LogP contribution in [0.15, 0.2) is 122 Å². The highest BCUT2D eigenvalue weighted by Gasteiger charge is 2.18. The zero-order valence-corrected chi connectivity index (χ0v) is 22.7. The second-order valence-corrected chi connectivity index (χ2v) is 10.3. The van der Waals surface area contributed by atoms with E-state index in [1.54, 1.807) is 6.20 Å². The lowest BCUT2D eigenvalue weighted by molar-refractivity contribution is 0.482. The summed E-state index contributed by atoms with van der Waals surface area (Å²) in [5.74, 6) is 2.76. The van der Waals surface area contributed by atoms with Gasteiger partial charge in [-0.3, -0.25) is 9.13 Å². The van der Waals surface area contributed by atoms with Crippen LogP contribution in [0.5, 0.6) is 11.5 Å². The van der Waals surface area contributed by atoms with Crippen LogP contribution in [0.1, 0.15) is 11.1 Å². The first-order valence-corrected chi connectivity index (χ1v) is 13.7. The smallest absolute Gasteiger partial charge is 0.147 e. The van der Waals surface area contributed by atoms with Crippen molar-refractivity contribution in [3.63, 3.8) is 0 Å². The molecule has 0 spiro atoms. The number of pyridine rings is 2. The van der Waals surface area contributed by atoms with Gasteiger partial charge in [0.2, 0.25) is 0 Å². The Morgan fingerprint density at radius 3 is 1.98 bits per heavy atom. The van der Waals surface area contributed by atoms with E-state index in [4.69, 9.17) is 9.72 Å². The Labute approximate surface area is 241 Å². The molecule has 0 aliphatic rings. The largest absolute Gasteiger partial charge is 0.456 e. The van der Waals surface area contributed by atoms with Gasteiger partial charge in [-0.05, 0) is 61.0 Å². The van der Waals surface area contributed by atoms with E-state index in [2.05, 4.69) is 56.6 Å². The average molecular weight is 542 g/mol. The maximum atomic E-state index is 10.2. The highest BCUT2D eigenvalue weighted by Crippen LogP contribution is 2.39. The van der Waals surface area contributed by atoms with E-state index < -0.39 is 0 Å². The van der Waals surface area contributed by atoms with Crippen LogP contribution in [0, 0.1) is 18.3 Å². The fourth-order valence-electron chi connectivity index (χ4n) is 5.88. The third kappa shape index (κ3) is 3.65. The minimum atomic E-state index is 0.465. The van der Waals surface area contributed by atoms with Gasteiger partial charge < -0.3 is 4.74 Å². The van der Waals surface area contributed by atoms with Crippen LogP contribution in [0.25, 0.3) is 55.2 Å². The molecule has 0 fully saturated rings. The molecule has 4 heterocycles. The molecule has 0 aliphatic heterocycles. The summed E-state index contributed by atoms with van der Waals surface area (Å²) in [4.78, 5) is 9.35. The summed E-state index contributed by atoms with van der Waals surface area (Å²) in [5, 5.41) is 14.5. The van der Waals surface area contributed by atoms with Gasteiger partial charge in [-0.1, -0.05) is 48.5 Å². The van der Waals surface area contributed by atoms with Crippen molar-refractivity contribution in [3.05, 3.63) is 133 Å². The lowest BCUT2D eigenvalue weighted by atomic mass is 10.1. The van der Waals surface area contributed by atoms with Gasteiger partial charge in [0.1, 0.15) is 29.2 Å². The molecule has 42 heavy (non-hydrogen) atoms. The van der Waals surface area contributed by atoms with E-state index in [-0.39, 0.29) is 0 Å². The van der Waals surface area contributed by atoms with E-state index in [0.29, 0.717) is 17.1 Å². The van der Waals surface area contributed by atoms with Gasteiger partial charge in [-0.15, -0.1) is 0 Å². The number of rotatable bonds is 4. The summed E-state index contributed by atoms with van der Waals surface area (Å²) in [6.45, 7) is 2.03.